The molecule has 0 fully saturated rings. The first kappa shape index (κ1) is 13.3. The SMILES string of the molecule is [CH2]C(CC)C(c1ccccc1)C(CC)CC. The van der Waals surface area contributed by atoms with Gasteiger partial charge in [0.05, 0.1) is 0 Å². The Morgan fingerprint density at radius 2 is 1.50 bits per heavy atom. The van der Waals surface area contributed by atoms with Crippen molar-refractivity contribution in [2.24, 2.45) is 11.8 Å². The number of benzene rings is 1. The molecule has 0 aromatic heterocycles. The predicted octanol–water partition coefficient (Wildman–Crippen LogP) is 5.07. The standard InChI is InChI=1S/C16H25/c1-5-13(4)16(14(6-2)7-3)15-11-9-8-10-12-15/h8-14,16H,4-7H2,1-3H3. The molecule has 1 rings (SSSR count). The molecule has 0 bridgehead atoms. The first-order valence-electron chi connectivity index (χ1n) is 6.62. The van der Waals surface area contributed by atoms with E-state index in [2.05, 4.69) is 58.0 Å². The largest absolute Gasteiger partial charge is 0.0651 e. The molecule has 2 atom stereocenters. The lowest BCUT2D eigenvalue weighted by Gasteiger charge is -2.30. The van der Waals surface area contributed by atoms with Gasteiger partial charge in [0.1, 0.15) is 0 Å². The summed E-state index contributed by atoms with van der Waals surface area (Å²) >= 11 is 0. The van der Waals surface area contributed by atoms with Crippen molar-refractivity contribution < 1.29 is 0 Å². The van der Waals surface area contributed by atoms with Crippen LogP contribution in [0, 0.1) is 18.8 Å². The zero-order valence-corrected chi connectivity index (χ0v) is 10.9. The van der Waals surface area contributed by atoms with E-state index in [0.717, 1.165) is 12.3 Å². The van der Waals surface area contributed by atoms with Gasteiger partial charge in [-0.15, -0.1) is 0 Å². The highest BCUT2D eigenvalue weighted by atomic mass is 14.3. The van der Waals surface area contributed by atoms with Gasteiger partial charge >= 0.3 is 0 Å². The van der Waals surface area contributed by atoms with E-state index in [1.807, 2.05) is 0 Å². The number of rotatable bonds is 6. The Bertz CT molecular complexity index is 271. The van der Waals surface area contributed by atoms with Gasteiger partial charge in [-0.1, -0.05) is 70.4 Å². The molecule has 89 valence electrons. The van der Waals surface area contributed by atoms with Crippen LogP contribution < -0.4 is 0 Å². The summed E-state index contributed by atoms with van der Waals surface area (Å²) in [4.78, 5) is 0. The Morgan fingerprint density at radius 1 is 0.938 bits per heavy atom. The fourth-order valence-electron chi connectivity index (χ4n) is 2.65. The van der Waals surface area contributed by atoms with Crippen LogP contribution >= 0.6 is 0 Å². The van der Waals surface area contributed by atoms with Gasteiger partial charge in [0.15, 0.2) is 0 Å². The van der Waals surface area contributed by atoms with E-state index in [-0.39, 0.29) is 0 Å². The van der Waals surface area contributed by atoms with Crippen LogP contribution in [0.15, 0.2) is 30.3 Å². The Balaban J connectivity index is 2.95. The lowest BCUT2D eigenvalue weighted by Crippen LogP contribution is -2.19. The fraction of sp³-hybridized carbons (Fsp3) is 0.562. The van der Waals surface area contributed by atoms with E-state index in [4.69, 9.17) is 0 Å². The van der Waals surface area contributed by atoms with Gasteiger partial charge in [0, 0.05) is 0 Å². The Kier molecular flexibility index (Phi) is 5.59. The summed E-state index contributed by atoms with van der Waals surface area (Å²) in [6, 6.07) is 10.9. The van der Waals surface area contributed by atoms with Crippen LogP contribution in [0.4, 0.5) is 0 Å². The number of hydrogen-bond acceptors (Lipinski definition) is 0. The third-order valence-electron chi connectivity index (χ3n) is 3.77. The second-order valence-electron chi connectivity index (χ2n) is 4.68. The molecular formula is C16H25. The second-order valence-corrected chi connectivity index (χ2v) is 4.68. The number of hydrogen-bond donors (Lipinski definition) is 0. The molecular weight excluding hydrogens is 192 g/mol. The van der Waals surface area contributed by atoms with E-state index in [1.165, 1.54) is 18.4 Å². The summed E-state index contributed by atoms with van der Waals surface area (Å²) in [5.41, 5.74) is 1.47. The van der Waals surface area contributed by atoms with Crippen molar-refractivity contribution in [2.45, 2.75) is 46.0 Å². The molecule has 16 heavy (non-hydrogen) atoms. The van der Waals surface area contributed by atoms with E-state index in [9.17, 15) is 0 Å². The van der Waals surface area contributed by atoms with Gasteiger partial charge < -0.3 is 0 Å². The molecule has 0 amide bonds. The van der Waals surface area contributed by atoms with Crippen molar-refractivity contribution in [3.05, 3.63) is 42.8 Å². The highest BCUT2D eigenvalue weighted by Gasteiger charge is 2.24. The van der Waals surface area contributed by atoms with Crippen molar-refractivity contribution in [1.29, 1.82) is 0 Å². The molecule has 0 N–H and O–H groups in total. The molecule has 1 aromatic rings. The smallest absolute Gasteiger partial charge is 0.0106 e. The summed E-state index contributed by atoms with van der Waals surface area (Å²) < 4.78 is 0. The zero-order chi connectivity index (χ0) is 12.0. The van der Waals surface area contributed by atoms with Gasteiger partial charge in [0.25, 0.3) is 0 Å². The summed E-state index contributed by atoms with van der Waals surface area (Å²) in [5.74, 6) is 1.93. The molecule has 0 spiro atoms. The van der Waals surface area contributed by atoms with E-state index >= 15 is 0 Å². The average molecular weight is 217 g/mol. The van der Waals surface area contributed by atoms with Gasteiger partial charge in [-0.05, 0) is 30.2 Å². The monoisotopic (exact) mass is 217 g/mol. The lowest BCUT2D eigenvalue weighted by molar-refractivity contribution is 0.322. The Labute approximate surface area is 101 Å². The molecule has 0 aliphatic carbocycles. The molecule has 0 heteroatoms. The Morgan fingerprint density at radius 3 is 1.94 bits per heavy atom. The zero-order valence-electron chi connectivity index (χ0n) is 10.9. The van der Waals surface area contributed by atoms with Crippen molar-refractivity contribution in [3.8, 4) is 0 Å². The molecule has 0 aliphatic heterocycles. The first-order chi connectivity index (χ1) is 7.74. The quantitative estimate of drug-likeness (QED) is 0.624. The minimum absolute atomic E-state index is 0.535. The van der Waals surface area contributed by atoms with Gasteiger partial charge in [-0.25, -0.2) is 0 Å². The molecule has 0 saturated carbocycles. The molecule has 2 unspecified atom stereocenters. The summed E-state index contributed by atoms with van der Waals surface area (Å²) in [7, 11) is 0. The predicted molar refractivity (Wildman–Crippen MR) is 72.4 cm³/mol. The summed E-state index contributed by atoms with van der Waals surface area (Å²) in [6.45, 7) is 11.2. The molecule has 0 saturated heterocycles. The average Bonchev–Trinajstić information content (AvgIpc) is 2.36. The van der Waals surface area contributed by atoms with Crippen molar-refractivity contribution in [2.75, 3.05) is 0 Å². The van der Waals surface area contributed by atoms with Crippen molar-refractivity contribution in [3.63, 3.8) is 0 Å². The van der Waals surface area contributed by atoms with E-state index in [0.29, 0.717) is 11.8 Å². The van der Waals surface area contributed by atoms with Crippen molar-refractivity contribution in [1.82, 2.24) is 0 Å². The van der Waals surface area contributed by atoms with Gasteiger partial charge in [-0.2, -0.15) is 0 Å². The lowest BCUT2D eigenvalue weighted by atomic mass is 9.74. The second kappa shape index (κ2) is 6.73. The highest BCUT2D eigenvalue weighted by molar-refractivity contribution is 5.21. The molecule has 1 radical (unpaired) electrons. The molecule has 0 aliphatic rings. The van der Waals surface area contributed by atoms with Crippen LogP contribution in [0.3, 0.4) is 0 Å². The third-order valence-corrected chi connectivity index (χ3v) is 3.77. The van der Waals surface area contributed by atoms with Gasteiger partial charge in [0.2, 0.25) is 0 Å². The maximum atomic E-state index is 4.35. The molecule has 0 heterocycles. The molecule has 0 nitrogen and oxygen atoms in total. The fourth-order valence-corrected chi connectivity index (χ4v) is 2.65. The Hall–Kier alpha value is -0.780. The van der Waals surface area contributed by atoms with Crippen LogP contribution in [0.25, 0.3) is 0 Å². The normalized spacial score (nSPS) is 15.1. The van der Waals surface area contributed by atoms with Crippen LogP contribution in [-0.2, 0) is 0 Å². The highest BCUT2D eigenvalue weighted by Crippen LogP contribution is 2.37. The maximum absolute atomic E-state index is 4.35. The van der Waals surface area contributed by atoms with Crippen LogP contribution in [-0.4, -0.2) is 0 Å². The van der Waals surface area contributed by atoms with Gasteiger partial charge in [-0.3, -0.25) is 0 Å². The minimum Gasteiger partial charge on any atom is -0.0651 e. The van der Waals surface area contributed by atoms with Crippen molar-refractivity contribution >= 4 is 0 Å². The topological polar surface area (TPSA) is 0 Å². The summed E-state index contributed by atoms with van der Waals surface area (Å²) in [6.07, 6.45) is 3.67. The van der Waals surface area contributed by atoms with Crippen LogP contribution in [0.1, 0.15) is 51.5 Å². The maximum Gasteiger partial charge on any atom is -0.0106 e. The molecule has 1 aromatic carbocycles. The van der Waals surface area contributed by atoms with Crippen LogP contribution in [0.5, 0.6) is 0 Å². The summed E-state index contributed by atoms with van der Waals surface area (Å²) in [5, 5.41) is 0. The first-order valence-corrected chi connectivity index (χ1v) is 6.62. The van der Waals surface area contributed by atoms with E-state index < -0.39 is 0 Å². The van der Waals surface area contributed by atoms with E-state index in [1.54, 1.807) is 0 Å². The van der Waals surface area contributed by atoms with Crippen LogP contribution in [0.2, 0.25) is 0 Å². The third kappa shape index (κ3) is 3.10. The minimum atomic E-state index is 0.535.